The van der Waals surface area contributed by atoms with Gasteiger partial charge >= 0.3 is 0 Å². The Labute approximate surface area is 202 Å². The quantitative estimate of drug-likeness (QED) is 0.336. The molecule has 174 valence electrons. The summed E-state index contributed by atoms with van der Waals surface area (Å²) >= 11 is 6.33. The summed E-state index contributed by atoms with van der Waals surface area (Å²) < 4.78 is 54.4. The van der Waals surface area contributed by atoms with Gasteiger partial charge in [-0.15, -0.1) is 0 Å². The van der Waals surface area contributed by atoms with E-state index in [-0.39, 0.29) is 10.7 Å². The summed E-state index contributed by atoms with van der Waals surface area (Å²) in [4.78, 5) is 0.142. The van der Waals surface area contributed by atoms with E-state index in [0.29, 0.717) is 46.0 Å². The second-order valence-electron chi connectivity index (χ2n) is 8.03. The molecule has 0 bridgehead atoms. The van der Waals surface area contributed by atoms with Crippen molar-refractivity contribution in [1.29, 1.82) is 0 Å². The number of ether oxygens (including phenoxy) is 2. The first-order valence-electron chi connectivity index (χ1n) is 10.7. The summed E-state index contributed by atoms with van der Waals surface area (Å²) in [5.41, 5.74) is 2.08. The van der Waals surface area contributed by atoms with E-state index in [1.807, 2.05) is 0 Å². The minimum Gasteiger partial charge on any atom is -0.344 e. The van der Waals surface area contributed by atoms with Gasteiger partial charge in [0.1, 0.15) is 5.82 Å². The molecule has 1 aliphatic heterocycles. The highest BCUT2D eigenvalue weighted by atomic mass is 35.5. The standard InChI is InChI=1S/C26H21ClFNO4S/c1-26(32-15-16-33-26)25-22-17-19(27)10-14-23(22)29(34(30,31)21-5-3-2-4-6-21)24(25)13-9-18-7-11-20(28)12-8-18/h2-14,17H,15-16H2,1H3/b13-9+. The highest BCUT2D eigenvalue weighted by Gasteiger charge is 2.40. The molecule has 1 aromatic heterocycles. The highest BCUT2D eigenvalue weighted by molar-refractivity contribution is 7.90. The van der Waals surface area contributed by atoms with Crippen LogP contribution >= 0.6 is 11.6 Å². The maximum atomic E-state index is 13.9. The summed E-state index contributed by atoms with van der Waals surface area (Å²) in [7, 11) is -4.00. The normalized spacial score (nSPS) is 16.0. The predicted molar refractivity (Wildman–Crippen MR) is 131 cm³/mol. The first-order valence-corrected chi connectivity index (χ1v) is 12.5. The summed E-state index contributed by atoms with van der Waals surface area (Å²) in [6.45, 7) is 2.51. The first-order chi connectivity index (χ1) is 16.3. The topological polar surface area (TPSA) is 57.5 Å². The van der Waals surface area contributed by atoms with Gasteiger partial charge in [-0.3, -0.25) is 0 Å². The Bertz CT molecular complexity index is 1490. The van der Waals surface area contributed by atoms with Crippen molar-refractivity contribution in [2.45, 2.75) is 17.6 Å². The summed E-state index contributed by atoms with van der Waals surface area (Å²) in [5.74, 6) is -1.53. The maximum absolute atomic E-state index is 13.9. The molecule has 0 unspecified atom stereocenters. The molecule has 0 amide bonds. The van der Waals surface area contributed by atoms with Gasteiger partial charge in [0.05, 0.1) is 29.3 Å². The highest BCUT2D eigenvalue weighted by Crippen LogP contribution is 2.42. The molecule has 5 nitrogen and oxygen atoms in total. The Kier molecular flexibility index (Phi) is 5.81. The lowest BCUT2D eigenvalue weighted by atomic mass is 10.0. The third kappa shape index (κ3) is 3.95. The Morgan fingerprint density at radius 1 is 0.971 bits per heavy atom. The number of hydrogen-bond donors (Lipinski definition) is 0. The third-order valence-corrected chi connectivity index (χ3v) is 7.78. The van der Waals surface area contributed by atoms with Crippen LogP contribution in [0.15, 0.2) is 77.7 Å². The summed E-state index contributed by atoms with van der Waals surface area (Å²) in [6.07, 6.45) is 3.42. The molecular formula is C26H21ClFNO4S. The molecule has 0 radical (unpaired) electrons. The fraction of sp³-hybridized carbons (Fsp3) is 0.154. The zero-order valence-electron chi connectivity index (χ0n) is 18.2. The molecule has 3 aromatic carbocycles. The smallest absolute Gasteiger partial charge is 0.268 e. The van der Waals surface area contributed by atoms with Crippen LogP contribution in [0.3, 0.4) is 0 Å². The van der Waals surface area contributed by atoms with Gasteiger partial charge in [0.2, 0.25) is 0 Å². The van der Waals surface area contributed by atoms with Gasteiger partial charge in [-0.2, -0.15) is 0 Å². The van der Waals surface area contributed by atoms with E-state index in [9.17, 15) is 12.8 Å². The molecule has 1 saturated heterocycles. The molecule has 5 rings (SSSR count). The second kappa shape index (κ2) is 8.67. The largest absolute Gasteiger partial charge is 0.344 e. The van der Waals surface area contributed by atoms with Crippen molar-refractivity contribution in [3.05, 3.63) is 100 Å². The minimum atomic E-state index is -4.00. The number of aromatic nitrogens is 1. The van der Waals surface area contributed by atoms with E-state index in [2.05, 4.69) is 0 Å². The molecular weight excluding hydrogens is 477 g/mol. The van der Waals surface area contributed by atoms with Crippen molar-refractivity contribution in [2.24, 2.45) is 0 Å². The summed E-state index contributed by atoms with van der Waals surface area (Å²) in [6, 6.07) is 19.2. The minimum absolute atomic E-state index is 0.142. The van der Waals surface area contributed by atoms with Crippen LogP contribution in [0.25, 0.3) is 23.1 Å². The van der Waals surface area contributed by atoms with Gasteiger partial charge in [0.25, 0.3) is 10.0 Å². The Morgan fingerprint density at radius 2 is 1.65 bits per heavy atom. The van der Waals surface area contributed by atoms with Crippen molar-refractivity contribution in [2.75, 3.05) is 13.2 Å². The molecule has 0 saturated carbocycles. The lowest BCUT2D eigenvalue weighted by Crippen LogP contribution is -2.24. The Hall–Kier alpha value is -2.97. The Morgan fingerprint density at radius 3 is 2.32 bits per heavy atom. The van der Waals surface area contributed by atoms with E-state index < -0.39 is 15.8 Å². The van der Waals surface area contributed by atoms with Gasteiger partial charge < -0.3 is 9.47 Å². The van der Waals surface area contributed by atoms with E-state index >= 15 is 0 Å². The Balaban J connectivity index is 1.84. The lowest BCUT2D eigenvalue weighted by molar-refractivity contribution is -0.148. The van der Waals surface area contributed by atoms with Gasteiger partial charge in [0.15, 0.2) is 5.79 Å². The molecule has 1 aliphatic rings. The van der Waals surface area contributed by atoms with Gasteiger partial charge in [-0.05, 0) is 61.0 Å². The zero-order valence-corrected chi connectivity index (χ0v) is 19.8. The van der Waals surface area contributed by atoms with Crippen molar-refractivity contribution in [3.8, 4) is 0 Å². The van der Waals surface area contributed by atoms with Crippen molar-refractivity contribution < 1.29 is 22.3 Å². The molecule has 2 heterocycles. The molecule has 0 spiro atoms. The van der Waals surface area contributed by atoms with Crippen LogP contribution in [0.4, 0.5) is 4.39 Å². The average Bonchev–Trinajstić information content (AvgIpc) is 3.41. The molecule has 0 aliphatic carbocycles. The fourth-order valence-electron chi connectivity index (χ4n) is 4.25. The first kappa shape index (κ1) is 22.8. The van der Waals surface area contributed by atoms with Crippen LogP contribution in [0.5, 0.6) is 0 Å². The van der Waals surface area contributed by atoms with Crippen molar-refractivity contribution in [3.63, 3.8) is 0 Å². The van der Waals surface area contributed by atoms with Crippen LogP contribution in [0.2, 0.25) is 5.02 Å². The summed E-state index contributed by atoms with van der Waals surface area (Å²) in [5, 5.41) is 1.06. The molecule has 34 heavy (non-hydrogen) atoms. The second-order valence-corrected chi connectivity index (χ2v) is 10.3. The van der Waals surface area contributed by atoms with E-state index in [4.69, 9.17) is 21.1 Å². The van der Waals surface area contributed by atoms with E-state index in [1.54, 1.807) is 79.7 Å². The predicted octanol–water partition coefficient (Wildman–Crippen LogP) is 6.06. The number of fused-ring (bicyclic) bond motifs is 1. The van der Waals surface area contributed by atoms with Gasteiger partial charge in [-0.25, -0.2) is 16.8 Å². The zero-order chi connectivity index (χ0) is 23.9. The molecule has 0 N–H and O–H groups in total. The van der Waals surface area contributed by atoms with Crippen molar-refractivity contribution >= 4 is 44.7 Å². The average molecular weight is 498 g/mol. The number of hydrogen-bond acceptors (Lipinski definition) is 4. The number of nitrogens with zero attached hydrogens (tertiary/aromatic N) is 1. The van der Waals surface area contributed by atoms with E-state index in [0.717, 1.165) is 0 Å². The van der Waals surface area contributed by atoms with Crippen LogP contribution in [-0.2, 0) is 25.3 Å². The fourth-order valence-corrected chi connectivity index (χ4v) is 5.96. The lowest BCUT2D eigenvalue weighted by Gasteiger charge is -2.23. The van der Waals surface area contributed by atoms with Crippen LogP contribution in [-0.4, -0.2) is 25.6 Å². The van der Waals surface area contributed by atoms with Gasteiger partial charge in [-0.1, -0.05) is 48.0 Å². The van der Waals surface area contributed by atoms with Crippen LogP contribution in [0.1, 0.15) is 23.7 Å². The maximum Gasteiger partial charge on any atom is 0.268 e. The molecule has 0 atom stereocenters. The molecule has 1 fully saturated rings. The SMILES string of the molecule is CC1(c2c(/C=C/c3ccc(F)cc3)n(S(=O)(=O)c3ccccc3)c3ccc(Cl)cc23)OCCO1. The van der Waals surface area contributed by atoms with Crippen LogP contribution < -0.4 is 0 Å². The molecule has 8 heteroatoms. The molecule has 4 aromatic rings. The van der Waals surface area contributed by atoms with Gasteiger partial charge in [0, 0.05) is 16.0 Å². The number of rotatable bonds is 5. The van der Waals surface area contributed by atoms with Crippen molar-refractivity contribution in [1.82, 2.24) is 3.97 Å². The van der Waals surface area contributed by atoms with Crippen LogP contribution in [0, 0.1) is 5.82 Å². The third-order valence-electron chi connectivity index (χ3n) is 5.80. The number of halogens is 2. The number of benzene rings is 3. The van der Waals surface area contributed by atoms with E-state index in [1.165, 1.54) is 16.1 Å². The monoisotopic (exact) mass is 497 g/mol.